The van der Waals surface area contributed by atoms with Crippen LogP contribution in [0, 0.1) is 0 Å². The zero-order chi connectivity index (χ0) is 19.6. The second-order valence-electron chi connectivity index (χ2n) is 7.58. The Morgan fingerprint density at radius 2 is 1.79 bits per heavy atom. The first-order valence-electron chi connectivity index (χ1n) is 10.5. The number of ether oxygens (including phenoxy) is 1. The lowest BCUT2D eigenvalue weighted by atomic mass is 10.1. The molecule has 0 saturated carbocycles. The van der Waals surface area contributed by atoms with Gasteiger partial charge in [-0.1, -0.05) is 42.5 Å². The van der Waals surface area contributed by atoms with Gasteiger partial charge in [-0.05, 0) is 18.0 Å². The van der Waals surface area contributed by atoms with E-state index in [4.69, 9.17) is 9.72 Å². The van der Waals surface area contributed by atoms with Gasteiger partial charge in [0.15, 0.2) is 5.13 Å². The number of aromatic nitrogens is 2. The fourth-order valence-electron chi connectivity index (χ4n) is 4.11. The van der Waals surface area contributed by atoms with Crippen LogP contribution >= 0.6 is 11.3 Å². The number of hydrogen-bond acceptors (Lipinski definition) is 7. The maximum absolute atomic E-state index is 5.47. The molecule has 7 heteroatoms. The monoisotopic (exact) mass is 409 g/mol. The molecule has 2 fully saturated rings. The number of likely N-dealkylation sites (N-methyl/N-ethyl adjacent to an activating group) is 1. The van der Waals surface area contributed by atoms with Gasteiger partial charge in [-0.15, -0.1) is 0 Å². The van der Waals surface area contributed by atoms with Crippen molar-refractivity contribution in [1.29, 1.82) is 0 Å². The maximum atomic E-state index is 5.47. The first kappa shape index (κ1) is 18.8. The quantitative estimate of drug-likeness (QED) is 0.659. The Morgan fingerprint density at radius 1 is 1.00 bits per heavy atom. The van der Waals surface area contributed by atoms with Crippen molar-refractivity contribution >= 4 is 33.1 Å². The van der Waals surface area contributed by atoms with Crippen molar-refractivity contribution in [2.75, 3.05) is 68.8 Å². The standard InChI is InChI=1S/C22H27N5OS/c1-2-25-7-9-26(10-8-25)21-18-6-4-3-5-17(18)15-19(24-21)20-16-23-22(29-20)27-11-13-28-14-12-27/h3-6,15-16H,2,7-14H2,1H3. The largest absolute Gasteiger partial charge is 0.378 e. The molecule has 5 rings (SSSR count). The molecule has 0 spiro atoms. The van der Waals surface area contributed by atoms with Crippen LogP contribution in [0.3, 0.4) is 0 Å². The van der Waals surface area contributed by atoms with Crippen molar-refractivity contribution in [3.05, 3.63) is 36.5 Å². The third-order valence-corrected chi connectivity index (χ3v) is 6.95. The van der Waals surface area contributed by atoms with E-state index in [9.17, 15) is 0 Å². The molecule has 0 amide bonds. The summed E-state index contributed by atoms with van der Waals surface area (Å²) in [5, 5.41) is 3.54. The average Bonchev–Trinajstić information content (AvgIpc) is 3.29. The van der Waals surface area contributed by atoms with Gasteiger partial charge < -0.3 is 19.4 Å². The first-order valence-corrected chi connectivity index (χ1v) is 11.3. The van der Waals surface area contributed by atoms with Crippen LogP contribution in [-0.4, -0.2) is 73.9 Å². The summed E-state index contributed by atoms with van der Waals surface area (Å²) < 4.78 is 5.47. The molecule has 3 aromatic rings. The van der Waals surface area contributed by atoms with Crippen LogP contribution in [0.25, 0.3) is 21.3 Å². The minimum Gasteiger partial charge on any atom is -0.378 e. The fourth-order valence-corrected chi connectivity index (χ4v) is 5.04. The van der Waals surface area contributed by atoms with Crippen LogP contribution in [0.5, 0.6) is 0 Å². The van der Waals surface area contributed by atoms with E-state index in [1.54, 1.807) is 11.3 Å². The lowest BCUT2D eigenvalue weighted by Crippen LogP contribution is -2.46. The van der Waals surface area contributed by atoms with E-state index in [0.29, 0.717) is 0 Å². The number of nitrogens with zero attached hydrogens (tertiary/aromatic N) is 5. The van der Waals surface area contributed by atoms with Crippen molar-refractivity contribution in [3.63, 3.8) is 0 Å². The van der Waals surface area contributed by atoms with Gasteiger partial charge in [0.25, 0.3) is 0 Å². The molecule has 0 atom stereocenters. The minimum absolute atomic E-state index is 0.775. The number of pyridine rings is 1. The topological polar surface area (TPSA) is 44.7 Å². The molecule has 152 valence electrons. The summed E-state index contributed by atoms with van der Waals surface area (Å²) in [5.74, 6) is 1.11. The number of piperazine rings is 1. The highest BCUT2D eigenvalue weighted by molar-refractivity contribution is 7.18. The normalized spacial score (nSPS) is 18.5. The van der Waals surface area contributed by atoms with Crippen LogP contribution in [0.4, 0.5) is 10.9 Å². The third kappa shape index (κ3) is 3.82. The highest BCUT2D eigenvalue weighted by Gasteiger charge is 2.21. The number of fused-ring (bicyclic) bond motifs is 1. The summed E-state index contributed by atoms with van der Waals surface area (Å²) >= 11 is 1.73. The van der Waals surface area contributed by atoms with Crippen LogP contribution < -0.4 is 9.80 Å². The number of morpholine rings is 1. The molecule has 0 unspecified atom stereocenters. The van der Waals surface area contributed by atoms with Gasteiger partial charge in [0.2, 0.25) is 0 Å². The predicted octanol–water partition coefficient (Wildman–Crippen LogP) is 3.34. The van der Waals surface area contributed by atoms with Gasteiger partial charge in [0.1, 0.15) is 5.82 Å². The van der Waals surface area contributed by atoms with E-state index in [1.165, 1.54) is 10.8 Å². The molecular formula is C22H27N5OS. The van der Waals surface area contributed by atoms with Crippen molar-refractivity contribution in [2.24, 2.45) is 0 Å². The molecule has 0 N–H and O–H groups in total. The molecule has 0 aliphatic carbocycles. The smallest absolute Gasteiger partial charge is 0.186 e. The van der Waals surface area contributed by atoms with Crippen molar-refractivity contribution < 1.29 is 4.74 Å². The van der Waals surface area contributed by atoms with Gasteiger partial charge in [0.05, 0.1) is 23.8 Å². The second kappa shape index (κ2) is 8.26. The Kier molecular flexibility index (Phi) is 5.35. The molecule has 0 radical (unpaired) electrons. The molecule has 0 bridgehead atoms. The van der Waals surface area contributed by atoms with Crippen LogP contribution in [-0.2, 0) is 4.74 Å². The summed E-state index contributed by atoms with van der Waals surface area (Å²) in [5.41, 5.74) is 1.02. The van der Waals surface area contributed by atoms with E-state index in [-0.39, 0.29) is 0 Å². The van der Waals surface area contributed by atoms with Crippen molar-refractivity contribution in [3.8, 4) is 10.6 Å². The van der Waals surface area contributed by atoms with Gasteiger partial charge in [-0.3, -0.25) is 0 Å². The minimum atomic E-state index is 0.775. The second-order valence-corrected chi connectivity index (χ2v) is 8.59. The van der Waals surface area contributed by atoms with E-state index >= 15 is 0 Å². The molecule has 1 aromatic carbocycles. The molecule has 2 aromatic heterocycles. The molecule has 6 nitrogen and oxygen atoms in total. The lowest BCUT2D eigenvalue weighted by Gasteiger charge is -2.35. The van der Waals surface area contributed by atoms with Crippen LogP contribution in [0.1, 0.15) is 6.92 Å². The zero-order valence-corrected chi connectivity index (χ0v) is 17.7. The Morgan fingerprint density at radius 3 is 2.59 bits per heavy atom. The van der Waals surface area contributed by atoms with Gasteiger partial charge in [-0.2, -0.15) is 0 Å². The number of rotatable bonds is 4. The summed E-state index contributed by atoms with van der Waals surface area (Å²) in [6, 6.07) is 10.8. The van der Waals surface area contributed by atoms with E-state index in [1.807, 2.05) is 6.20 Å². The third-order valence-electron chi connectivity index (χ3n) is 5.87. The summed E-state index contributed by atoms with van der Waals surface area (Å²) in [7, 11) is 0. The van der Waals surface area contributed by atoms with E-state index < -0.39 is 0 Å². The first-order chi connectivity index (χ1) is 14.3. The molecule has 29 heavy (non-hydrogen) atoms. The maximum Gasteiger partial charge on any atom is 0.186 e. The fraction of sp³-hybridized carbons (Fsp3) is 0.455. The van der Waals surface area contributed by atoms with Crippen molar-refractivity contribution in [2.45, 2.75) is 6.92 Å². The Bertz CT molecular complexity index is 976. The van der Waals surface area contributed by atoms with Crippen LogP contribution in [0.15, 0.2) is 36.5 Å². The SMILES string of the molecule is CCN1CCN(c2nc(-c3cnc(N4CCOCC4)s3)cc3ccccc23)CC1. The van der Waals surface area contributed by atoms with Gasteiger partial charge in [-0.25, -0.2) is 9.97 Å². The zero-order valence-electron chi connectivity index (χ0n) is 16.9. The van der Waals surface area contributed by atoms with E-state index in [2.05, 4.69) is 56.9 Å². The Balaban J connectivity index is 1.49. The number of anilines is 2. The summed E-state index contributed by atoms with van der Waals surface area (Å²) in [4.78, 5) is 18.2. The lowest BCUT2D eigenvalue weighted by molar-refractivity contribution is 0.122. The predicted molar refractivity (Wildman–Crippen MR) is 120 cm³/mol. The number of hydrogen-bond donors (Lipinski definition) is 0. The average molecular weight is 410 g/mol. The van der Waals surface area contributed by atoms with Gasteiger partial charge in [0, 0.05) is 50.9 Å². The van der Waals surface area contributed by atoms with E-state index in [0.717, 1.165) is 80.5 Å². The Labute approximate surface area is 175 Å². The van der Waals surface area contributed by atoms with Crippen LogP contribution in [0.2, 0.25) is 0 Å². The van der Waals surface area contributed by atoms with Gasteiger partial charge >= 0.3 is 0 Å². The summed E-state index contributed by atoms with van der Waals surface area (Å²) in [6.07, 6.45) is 1.98. The molecule has 2 aliphatic rings. The molecule has 2 aliphatic heterocycles. The molecular weight excluding hydrogens is 382 g/mol. The highest BCUT2D eigenvalue weighted by atomic mass is 32.1. The highest BCUT2D eigenvalue weighted by Crippen LogP contribution is 2.35. The summed E-state index contributed by atoms with van der Waals surface area (Å²) in [6.45, 7) is 11.0. The number of benzene rings is 1. The molecule has 4 heterocycles. The Hall–Kier alpha value is -2.22. The number of thiazole rings is 1. The molecule has 2 saturated heterocycles. The van der Waals surface area contributed by atoms with Crippen molar-refractivity contribution in [1.82, 2.24) is 14.9 Å².